The number of ether oxygens (including phenoxy) is 1. The number of piperidine rings is 1. The molecule has 2 amide bonds. The molecule has 0 bridgehead atoms. The summed E-state index contributed by atoms with van der Waals surface area (Å²) in [7, 11) is -2.46. The Balaban J connectivity index is 1.21. The molecule has 3 saturated heterocycles. The normalized spacial score (nSPS) is 27.0. The van der Waals surface area contributed by atoms with Crippen LogP contribution in [0.5, 0.6) is 0 Å². The number of carbonyl (C=O) groups excluding carboxylic acids is 2. The quantitative estimate of drug-likeness (QED) is 0.590. The standard InChI is InChI=1S/C22H29F2N3O5S/c23-17-8-15(27-11-16(32-21(27)29)10-25-20(28)14-2-1-3-14)9-18(24)19(17)26-6-4-22(5-7-26)12-33(30,31)13-22/h8-9,14,16,30-31H,1-7,10-13H2,(H,25,28). The minimum atomic E-state index is -2.46. The topological polar surface area (TPSA) is 102 Å². The molecule has 1 aromatic carbocycles. The van der Waals surface area contributed by atoms with Gasteiger partial charge in [0.25, 0.3) is 0 Å². The van der Waals surface area contributed by atoms with Crippen molar-refractivity contribution in [1.29, 1.82) is 0 Å². The molecule has 8 nitrogen and oxygen atoms in total. The Morgan fingerprint density at radius 1 is 1.18 bits per heavy atom. The van der Waals surface area contributed by atoms with Crippen molar-refractivity contribution >= 4 is 34.0 Å². The van der Waals surface area contributed by atoms with Crippen molar-refractivity contribution in [3.8, 4) is 0 Å². The highest BCUT2D eigenvalue weighted by Gasteiger charge is 2.49. The summed E-state index contributed by atoms with van der Waals surface area (Å²) in [6, 6.07) is 2.28. The van der Waals surface area contributed by atoms with Crippen molar-refractivity contribution in [2.24, 2.45) is 11.3 Å². The molecule has 5 rings (SSSR count). The molecule has 182 valence electrons. The van der Waals surface area contributed by atoms with Gasteiger partial charge in [0.15, 0.2) is 11.6 Å². The molecule has 1 spiro atoms. The molecule has 3 heterocycles. The first-order valence-electron chi connectivity index (χ1n) is 11.4. The van der Waals surface area contributed by atoms with Crippen LogP contribution in [0.25, 0.3) is 0 Å². The monoisotopic (exact) mass is 485 g/mol. The molecule has 4 aliphatic rings. The first-order chi connectivity index (χ1) is 15.6. The summed E-state index contributed by atoms with van der Waals surface area (Å²) in [6.07, 6.45) is 2.80. The van der Waals surface area contributed by atoms with Crippen LogP contribution >= 0.6 is 10.6 Å². The number of benzene rings is 1. The summed E-state index contributed by atoms with van der Waals surface area (Å²) in [6.45, 7) is 1.12. The second-order valence-corrected chi connectivity index (χ2v) is 12.0. The Morgan fingerprint density at radius 3 is 2.36 bits per heavy atom. The lowest BCUT2D eigenvalue weighted by atomic mass is 9.81. The number of amides is 2. The van der Waals surface area contributed by atoms with Gasteiger partial charge in [-0.2, -0.15) is 10.6 Å². The second-order valence-electron chi connectivity index (χ2n) is 9.83. The van der Waals surface area contributed by atoms with Crippen LogP contribution in [-0.4, -0.2) is 64.9 Å². The van der Waals surface area contributed by atoms with E-state index in [9.17, 15) is 27.5 Å². The molecule has 1 aromatic rings. The fourth-order valence-electron chi connectivity index (χ4n) is 5.31. The van der Waals surface area contributed by atoms with Gasteiger partial charge in [0, 0.05) is 48.1 Å². The van der Waals surface area contributed by atoms with Crippen LogP contribution < -0.4 is 15.1 Å². The highest BCUT2D eigenvalue weighted by Crippen LogP contribution is 2.62. The van der Waals surface area contributed by atoms with Crippen LogP contribution in [0.3, 0.4) is 0 Å². The number of halogens is 2. The summed E-state index contributed by atoms with van der Waals surface area (Å²) in [5.41, 5.74) is -0.186. The average molecular weight is 486 g/mol. The van der Waals surface area contributed by atoms with Crippen LogP contribution in [-0.2, 0) is 9.53 Å². The molecule has 0 aromatic heterocycles. The summed E-state index contributed by atoms with van der Waals surface area (Å²) in [4.78, 5) is 27.1. The van der Waals surface area contributed by atoms with Gasteiger partial charge >= 0.3 is 6.09 Å². The van der Waals surface area contributed by atoms with Crippen LogP contribution in [0.2, 0.25) is 0 Å². The maximum Gasteiger partial charge on any atom is 0.414 e. The minimum Gasteiger partial charge on any atom is -0.442 e. The SMILES string of the molecule is O=C(NCC1CN(c2cc(F)c(N3CCC4(CC3)CS(O)(O)C4)c(F)c2)C(=O)O1)C1CCC1. The zero-order valence-corrected chi connectivity index (χ0v) is 19.1. The number of nitrogens with zero attached hydrogens (tertiary/aromatic N) is 2. The number of hydrogen-bond donors (Lipinski definition) is 3. The van der Waals surface area contributed by atoms with E-state index in [1.54, 1.807) is 4.90 Å². The first-order valence-corrected chi connectivity index (χ1v) is 13.3. The van der Waals surface area contributed by atoms with Gasteiger partial charge in [-0.15, -0.1) is 0 Å². The first kappa shape index (κ1) is 22.7. The number of nitrogens with one attached hydrogen (secondary N) is 1. The van der Waals surface area contributed by atoms with E-state index < -0.39 is 34.4 Å². The molecule has 1 unspecified atom stereocenters. The molecule has 1 atom stereocenters. The maximum atomic E-state index is 15.0. The van der Waals surface area contributed by atoms with Crippen LogP contribution in [0, 0.1) is 23.0 Å². The second kappa shape index (κ2) is 8.28. The van der Waals surface area contributed by atoms with E-state index in [0.717, 1.165) is 31.4 Å². The van der Waals surface area contributed by atoms with Crippen molar-refractivity contribution in [2.45, 2.75) is 38.2 Å². The number of cyclic esters (lactones) is 1. The molecule has 1 saturated carbocycles. The average Bonchev–Trinajstić information content (AvgIpc) is 3.05. The van der Waals surface area contributed by atoms with E-state index in [-0.39, 0.29) is 41.7 Å². The van der Waals surface area contributed by atoms with Crippen molar-refractivity contribution in [3.63, 3.8) is 0 Å². The third kappa shape index (κ3) is 4.38. The van der Waals surface area contributed by atoms with Gasteiger partial charge < -0.3 is 15.0 Å². The number of carbonyl (C=O) groups is 2. The predicted octanol–water partition coefficient (Wildman–Crippen LogP) is 3.56. The lowest BCUT2D eigenvalue weighted by molar-refractivity contribution is -0.127. The molecule has 3 N–H and O–H groups in total. The minimum absolute atomic E-state index is 0.0268. The molecule has 3 aliphatic heterocycles. The van der Waals surface area contributed by atoms with Crippen molar-refractivity contribution in [3.05, 3.63) is 23.8 Å². The van der Waals surface area contributed by atoms with Gasteiger partial charge in [-0.1, -0.05) is 6.42 Å². The molecule has 1 aliphatic carbocycles. The third-order valence-corrected chi connectivity index (χ3v) is 9.53. The Kier molecular flexibility index (Phi) is 5.69. The molecule has 11 heteroatoms. The van der Waals surface area contributed by atoms with E-state index in [1.165, 1.54) is 4.90 Å². The van der Waals surface area contributed by atoms with Crippen molar-refractivity contribution in [1.82, 2.24) is 5.32 Å². The zero-order chi connectivity index (χ0) is 23.4. The van der Waals surface area contributed by atoms with Gasteiger partial charge in [-0.05, 0) is 25.7 Å². The van der Waals surface area contributed by atoms with E-state index in [4.69, 9.17) is 4.74 Å². The summed E-state index contributed by atoms with van der Waals surface area (Å²) in [5, 5.41) is 2.79. The lowest BCUT2D eigenvalue weighted by Crippen LogP contribution is -2.52. The molecular formula is C22H29F2N3O5S. The third-order valence-electron chi connectivity index (χ3n) is 7.38. The summed E-state index contributed by atoms with van der Waals surface area (Å²) < 4.78 is 54.7. The van der Waals surface area contributed by atoms with Gasteiger partial charge in [0.05, 0.1) is 18.8 Å². The van der Waals surface area contributed by atoms with Gasteiger partial charge in [0.2, 0.25) is 5.91 Å². The van der Waals surface area contributed by atoms with Gasteiger partial charge in [-0.3, -0.25) is 18.8 Å². The predicted molar refractivity (Wildman–Crippen MR) is 121 cm³/mol. The Hall–Kier alpha value is -2.11. The highest BCUT2D eigenvalue weighted by atomic mass is 32.3. The van der Waals surface area contributed by atoms with E-state index in [1.807, 2.05) is 0 Å². The molecule has 33 heavy (non-hydrogen) atoms. The maximum absolute atomic E-state index is 15.0. The van der Waals surface area contributed by atoms with Crippen molar-refractivity contribution in [2.75, 3.05) is 47.5 Å². The molecule has 4 fully saturated rings. The fraction of sp³-hybridized carbons (Fsp3) is 0.636. The Morgan fingerprint density at radius 2 is 1.82 bits per heavy atom. The van der Waals surface area contributed by atoms with Crippen LogP contribution in [0.4, 0.5) is 25.0 Å². The van der Waals surface area contributed by atoms with Gasteiger partial charge in [0.1, 0.15) is 11.8 Å². The van der Waals surface area contributed by atoms with E-state index >= 15 is 0 Å². The van der Waals surface area contributed by atoms with Crippen molar-refractivity contribution < 1.29 is 32.2 Å². The zero-order valence-electron chi connectivity index (χ0n) is 18.3. The smallest absolute Gasteiger partial charge is 0.414 e. The highest BCUT2D eigenvalue weighted by molar-refractivity contribution is 8.25. The number of hydrogen-bond acceptors (Lipinski definition) is 6. The summed E-state index contributed by atoms with van der Waals surface area (Å²) in [5.74, 6) is -0.790. The van der Waals surface area contributed by atoms with Crippen LogP contribution in [0.15, 0.2) is 12.1 Å². The Bertz CT molecular complexity index is 932. The van der Waals surface area contributed by atoms with Crippen LogP contribution in [0.1, 0.15) is 32.1 Å². The Labute approximate surface area is 192 Å². The van der Waals surface area contributed by atoms with E-state index in [0.29, 0.717) is 37.4 Å². The lowest BCUT2D eigenvalue weighted by Gasteiger charge is -2.58. The van der Waals surface area contributed by atoms with Gasteiger partial charge in [-0.25, -0.2) is 13.6 Å². The fourth-order valence-corrected chi connectivity index (χ4v) is 7.76. The summed E-state index contributed by atoms with van der Waals surface area (Å²) >= 11 is 0. The number of rotatable bonds is 5. The number of anilines is 2. The molecule has 0 radical (unpaired) electrons. The molecular weight excluding hydrogens is 456 g/mol. The van der Waals surface area contributed by atoms with E-state index in [2.05, 4.69) is 5.32 Å². The largest absolute Gasteiger partial charge is 0.442 e.